The van der Waals surface area contributed by atoms with Gasteiger partial charge < -0.3 is 14.8 Å². The lowest BCUT2D eigenvalue weighted by molar-refractivity contribution is -0.118. The van der Waals surface area contributed by atoms with Crippen LogP contribution in [0.1, 0.15) is 0 Å². The zero-order valence-corrected chi connectivity index (χ0v) is 17.5. The Morgan fingerprint density at radius 1 is 1.15 bits per heavy atom. The molecular weight excluding hydrogens is 471 g/mol. The maximum Gasteiger partial charge on any atom is 0.262 e. The predicted molar refractivity (Wildman–Crippen MR) is 107 cm³/mol. The highest BCUT2D eigenvalue weighted by molar-refractivity contribution is 14.1. The van der Waals surface area contributed by atoms with Gasteiger partial charge in [-0.3, -0.25) is 4.79 Å². The summed E-state index contributed by atoms with van der Waals surface area (Å²) in [6, 6.07) is 11.7. The molecule has 0 aliphatic rings. The van der Waals surface area contributed by atoms with Gasteiger partial charge in [-0.2, -0.15) is 0 Å². The molecule has 2 aromatic rings. The Labute approximate surface area is 166 Å². The quantitative estimate of drug-likeness (QED) is 0.604. The first kappa shape index (κ1) is 20.5. The molecule has 0 aliphatic carbocycles. The molecule has 0 fully saturated rings. The highest BCUT2D eigenvalue weighted by atomic mass is 127. The van der Waals surface area contributed by atoms with Gasteiger partial charge in [-0.15, -0.1) is 0 Å². The fourth-order valence-electron chi connectivity index (χ4n) is 2.05. The molecule has 1 N–H and O–H groups in total. The van der Waals surface area contributed by atoms with Crippen molar-refractivity contribution in [2.45, 2.75) is 4.90 Å². The number of hydrogen-bond donors (Lipinski definition) is 1. The number of methoxy groups -OCH3 is 1. The molecule has 7 nitrogen and oxygen atoms in total. The summed E-state index contributed by atoms with van der Waals surface area (Å²) in [5, 5.41) is 2.63. The van der Waals surface area contributed by atoms with E-state index in [9.17, 15) is 13.2 Å². The highest BCUT2D eigenvalue weighted by Crippen LogP contribution is 2.29. The minimum absolute atomic E-state index is 0.0265. The van der Waals surface area contributed by atoms with Crippen molar-refractivity contribution >= 4 is 44.2 Å². The van der Waals surface area contributed by atoms with E-state index in [1.807, 2.05) is 18.2 Å². The van der Waals surface area contributed by atoms with E-state index in [0.29, 0.717) is 11.4 Å². The van der Waals surface area contributed by atoms with Crippen molar-refractivity contribution in [1.82, 2.24) is 4.31 Å². The number of hydrogen-bond acceptors (Lipinski definition) is 5. The standard InChI is InChI=1S/C17H19IN2O5S/c1-20(2)26(22,23)16-10-12(8-9-15(16)24-3)19-17(21)11-25-14-7-5-4-6-13(14)18/h4-10H,11H2,1-3H3,(H,19,21). The van der Waals surface area contributed by atoms with Crippen molar-refractivity contribution in [3.63, 3.8) is 0 Å². The van der Waals surface area contributed by atoms with Gasteiger partial charge in [0.1, 0.15) is 16.4 Å². The number of halogens is 1. The Bertz CT molecular complexity index is 900. The Morgan fingerprint density at radius 3 is 2.46 bits per heavy atom. The second-order valence-electron chi connectivity index (χ2n) is 5.42. The zero-order chi connectivity index (χ0) is 19.3. The number of ether oxygens (including phenoxy) is 2. The van der Waals surface area contributed by atoms with E-state index >= 15 is 0 Å². The molecule has 0 aromatic heterocycles. The summed E-state index contributed by atoms with van der Waals surface area (Å²) in [6.45, 7) is -0.193. The number of anilines is 1. The number of nitrogens with zero attached hydrogens (tertiary/aromatic N) is 1. The van der Waals surface area contributed by atoms with E-state index in [2.05, 4.69) is 27.9 Å². The molecule has 0 radical (unpaired) electrons. The van der Waals surface area contributed by atoms with Crippen LogP contribution in [0.3, 0.4) is 0 Å². The number of sulfonamides is 1. The molecule has 0 aliphatic heterocycles. The molecule has 0 spiro atoms. The van der Waals surface area contributed by atoms with E-state index in [0.717, 1.165) is 7.88 Å². The van der Waals surface area contributed by atoms with E-state index in [4.69, 9.17) is 9.47 Å². The van der Waals surface area contributed by atoms with Gasteiger partial charge in [0, 0.05) is 19.8 Å². The molecule has 140 valence electrons. The number of carbonyl (C=O) groups is 1. The second-order valence-corrected chi connectivity index (χ2v) is 8.70. The van der Waals surface area contributed by atoms with Gasteiger partial charge in [0.2, 0.25) is 10.0 Å². The minimum atomic E-state index is -3.71. The molecule has 0 heterocycles. The summed E-state index contributed by atoms with van der Waals surface area (Å²) >= 11 is 2.12. The van der Waals surface area contributed by atoms with Crippen LogP contribution in [0.25, 0.3) is 0 Å². The monoisotopic (exact) mass is 490 g/mol. The predicted octanol–water partition coefficient (Wildman–Crippen LogP) is 2.57. The molecule has 1 amide bonds. The van der Waals surface area contributed by atoms with Crippen molar-refractivity contribution in [3.05, 3.63) is 46.0 Å². The van der Waals surface area contributed by atoms with Gasteiger partial charge in [-0.1, -0.05) is 12.1 Å². The smallest absolute Gasteiger partial charge is 0.262 e. The van der Waals surface area contributed by atoms with Gasteiger partial charge in [0.25, 0.3) is 5.91 Å². The van der Waals surface area contributed by atoms with Crippen LogP contribution < -0.4 is 14.8 Å². The van der Waals surface area contributed by atoms with Crippen molar-refractivity contribution in [2.24, 2.45) is 0 Å². The molecule has 2 rings (SSSR count). The van der Waals surface area contributed by atoms with Crippen LogP contribution in [0.15, 0.2) is 47.4 Å². The van der Waals surface area contributed by atoms with Gasteiger partial charge in [0.05, 0.1) is 10.7 Å². The zero-order valence-electron chi connectivity index (χ0n) is 14.5. The van der Waals surface area contributed by atoms with E-state index in [1.165, 1.54) is 33.3 Å². The molecule has 0 saturated carbocycles. The molecule has 26 heavy (non-hydrogen) atoms. The number of nitrogens with one attached hydrogen (secondary N) is 1. The van der Waals surface area contributed by atoms with Crippen LogP contribution >= 0.6 is 22.6 Å². The molecule has 0 saturated heterocycles. The lowest BCUT2D eigenvalue weighted by atomic mass is 10.3. The first-order valence-electron chi connectivity index (χ1n) is 7.53. The number of carbonyl (C=O) groups excluding carboxylic acids is 1. The van der Waals surface area contributed by atoms with Crippen molar-refractivity contribution < 1.29 is 22.7 Å². The average molecular weight is 490 g/mol. The van der Waals surface area contributed by atoms with Crippen LogP contribution in [-0.2, 0) is 14.8 Å². The lowest BCUT2D eigenvalue weighted by Gasteiger charge is -2.16. The third-order valence-electron chi connectivity index (χ3n) is 3.40. The summed E-state index contributed by atoms with van der Waals surface area (Å²) in [6.07, 6.45) is 0. The van der Waals surface area contributed by atoms with Crippen LogP contribution in [0.5, 0.6) is 11.5 Å². The van der Waals surface area contributed by atoms with Gasteiger partial charge >= 0.3 is 0 Å². The highest BCUT2D eigenvalue weighted by Gasteiger charge is 2.23. The number of rotatable bonds is 7. The molecule has 0 bridgehead atoms. The average Bonchev–Trinajstić information content (AvgIpc) is 2.60. The van der Waals surface area contributed by atoms with Crippen LogP contribution in [0.4, 0.5) is 5.69 Å². The van der Waals surface area contributed by atoms with Crippen molar-refractivity contribution in [2.75, 3.05) is 33.1 Å². The summed E-state index contributed by atoms with van der Waals surface area (Å²) in [4.78, 5) is 12.1. The topological polar surface area (TPSA) is 84.9 Å². The van der Waals surface area contributed by atoms with Crippen LogP contribution in [0.2, 0.25) is 0 Å². The van der Waals surface area contributed by atoms with Gasteiger partial charge in [0.15, 0.2) is 6.61 Å². The third kappa shape index (κ3) is 4.86. The maximum absolute atomic E-state index is 12.4. The molecule has 0 unspecified atom stereocenters. The third-order valence-corrected chi connectivity index (χ3v) is 6.13. The van der Waals surface area contributed by atoms with E-state index in [-0.39, 0.29) is 17.3 Å². The maximum atomic E-state index is 12.4. The molecular formula is C17H19IN2O5S. The first-order chi connectivity index (χ1) is 12.3. The van der Waals surface area contributed by atoms with E-state index < -0.39 is 15.9 Å². The van der Waals surface area contributed by atoms with Crippen molar-refractivity contribution in [1.29, 1.82) is 0 Å². The summed E-state index contributed by atoms with van der Waals surface area (Å²) in [7, 11) is 0.524. The molecule has 9 heteroatoms. The Balaban J connectivity index is 2.14. The Hall–Kier alpha value is -1.85. The van der Waals surface area contributed by atoms with Gasteiger partial charge in [-0.05, 0) is 52.9 Å². The SMILES string of the molecule is COc1ccc(NC(=O)COc2ccccc2I)cc1S(=O)(=O)N(C)C. The van der Waals surface area contributed by atoms with Gasteiger partial charge in [-0.25, -0.2) is 12.7 Å². The second kappa shape index (κ2) is 8.69. The molecule has 0 atom stereocenters. The summed E-state index contributed by atoms with van der Waals surface area (Å²) in [5.74, 6) is 0.406. The number of para-hydroxylation sites is 1. The fraction of sp³-hybridized carbons (Fsp3) is 0.235. The largest absolute Gasteiger partial charge is 0.495 e. The minimum Gasteiger partial charge on any atom is -0.495 e. The summed E-state index contributed by atoms with van der Waals surface area (Å²) in [5.41, 5.74) is 0.336. The number of amides is 1. The molecule has 2 aromatic carbocycles. The summed E-state index contributed by atoms with van der Waals surface area (Å²) < 4.78 is 37.4. The Kier molecular flexibility index (Phi) is 6.84. The lowest BCUT2D eigenvalue weighted by Crippen LogP contribution is -2.24. The van der Waals surface area contributed by atoms with E-state index in [1.54, 1.807) is 12.1 Å². The van der Waals surface area contributed by atoms with Crippen LogP contribution in [-0.4, -0.2) is 46.4 Å². The normalized spacial score (nSPS) is 11.3. The fourth-order valence-corrected chi connectivity index (χ4v) is 3.67. The first-order valence-corrected chi connectivity index (χ1v) is 10.1. The van der Waals surface area contributed by atoms with Crippen LogP contribution in [0, 0.1) is 3.57 Å². The van der Waals surface area contributed by atoms with Crippen molar-refractivity contribution in [3.8, 4) is 11.5 Å². The number of benzene rings is 2. The Morgan fingerprint density at radius 2 is 1.85 bits per heavy atom.